The molecule has 0 fully saturated rings. The number of carbonyl (C=O) groups excluding carboxylic acids is 1. The second-order valence-corrected chi connectivity index (χ2v) is 7.41. The third-order valence-electron chi connectivity index (χ3n) is 4.90. The zero-order valence-corrected chi connectivity index (χ0v) is 16.2. The van der Waals surface area contributed by atoms with Gasteiger partial charge in [-0.15, -0.1) is 0 Å². The van der Waals surface area contributed by atoms with Crippen molar-refractivity contribution in [3.63, 3.8) is 0 Å². The first-order valence-corrected chi connectivity index (χ1v) is 9.78. The molecule has 4 nitrogen and oxygen atoms in total. The van der Waals surface area contributed by atoms with Crippen molar-refractivity contribution in [2.24, 2.45) is 0 Å². The molecule has 1 unspecified atom stereocenters. The molecule has 1 amide bonds. The van der Waals surface area contributed by atoms with E-state index in [9.17, 15) is 4.79 Å². The molecule has 0 saturated heterocycles. The standard InChI is InChI=1S/C23H21ClN2O2/c24-19-10-11-22(28-20-8-2-1-3-9-20)21(14-19)25-23(27)16-26-13-12-17-6-4-5-7-18(17)15-26/h1-11,14H,12-13,15-16H2,(H,25,27)/p+1. The summed E-state index contributed by atoms with van der Waals surface area (Å²) in [6.07, 6.45) is 0.998. The molecule has 0 aliphatic carbocycles. The van der Waals surface area contributed by atoms with E-state index < -0.39 is 0 Å². The van der Waals surface area contributed by atoms with Crippen molar-refractivity contribution in [3.8, 4) is 11.5 Å². The topological polar surface area (TPSA) is 42.8 Å². The average molecular weight is 394 g/mol. The Morgan fingerprint density at radius 1 is 1.00 bits per heavy atom. The summed E-state index contributed by atoms with van der Waals surface area (Å²) >= 11 is 6.14. The molecule has 0 bridgehead atoms. The maximum Gasteiger partial charge on any atom is 0.279 e. The van der Waals surface area contributed by atoms with Crippen LogP contribution in [0.15, 0.2) is 72.8 Å². The maximum absolute atomic E-state index is 12.7. The Hall–Kier alpha value is -2.82. The van der Waals surface area contributed by atoms with Gasteiger partial charge < -0.3 is 15.0 Å². The fraction of sp³-hybridized carbons (Fsp3) is 0.174. The molecule has 1 heterocycles. The summed E-state index contributed by atoms with van der Waals surface area (Å²) in [7, 11) is 0. The molecule has 0 radical (unpaired) electrons. The van der Waals surface area contributed by atoms with Crippen molar-refractivity contribution in [3.05, 3.63) is 88.9 Å². The summed E-state index contributed by atoms with van der Waals surface area (Å²) in [4.78, 5) is 13.9. The number of carbonyl (C=O) groups is 1. The summed E-state index contributed by atoms with van der Waals surface area (Å²) in [5.41, 5.74) is 3.30. The minimum absolute atomic E-state index is 0.0467. The molecular weight excluding hydrogens is 372 g/mol. The van der Waals surface area contributed by atoms with E-state index in [0.717, 1.165) is 19.5 Å². The summed E-state index contributed by atoms with van der Waals surface area (Å²) < 4.78 is 5.92. The lowest BCUT2D eigenvalue weighted by Gasteiger charge is -2.25. The van der Waals surface area contributed by atoms with E-state index in [1.54, 1.807) is 18.2 Å². The van der Waals surface area contributed by atoms with Crippen LogP contribution in [0, 0.1) is 0 Å². The molecule has 0 aromatic heterocycles. The second kappa shape index (κ2) is 8.46. The molecule has 4 rings (SSSR count). The van der Waals surface area contributed by atoms with Crippen LogP contribution in [0.25, 0.3) is 0 Å². The lowest BCUT2D eigenvalue weighted by Crippen LogP contribution is -3.12. The summed E-state index contributed by atoms with van der Waals surface area (Å²) in [5.74, 6) is 1.23. The molecule has 3 aromatic carbocycles. The van der Waals surface area contributed by atoms with Crippen molar-refractivity contribution in [2.45, 2.75) is 13.0 Å². The average Bonchev–Trinajstić information content (AvgIpc) is 2.71. The van der Waals surface area contributed by atoms with Crippen molar-refractivity contribution < 1.29 is 14.4 Å². The SMILES string of the molecule is O=C(C[NH+]1CCc2ccccc2C1)Nc1cc(Cl)ccc1Oc1ccccc1. The predicted molar refractivity (Wildman–Crippen MR) is 111 cm³/mol. The molecule has 142 valence electrons. The van der Waals surface area contributed by atoms with E-state index in [4.69, 9.17) is 16.3 Å². The number of benzene rings is 3. The summed E-state index contributed by atoms with van der Waals surface area (Å²) in [6.45, 7) is 2.23. The Morgan fingerprint density at radius 3 is 2.57 bits per heavy atom. The van der Waals surface area contributed by atoms with Gasteiger partial charge in [-0.3, -0.25) is 4.79 Å². The number of para-hydroxylation sites is 1. The first kappa shape index (κ1) is 18.5. The van der Waals surface area contributed by atoms with Crippen LogP contribution in [0.1, 0.15) is 11.1 Å². The van der Waals surface area contributed by atoms with Gasteiger partial charge in [0.05, 0.1) is 12.2 Å². The lowest BCUT2D eigenvalue weighted by atomic mass is 10.00. The number of amides is 1. The fourth-order valence-electron chi connectivity index (χ4n) is 3.52. The number of nitrogens with one attached hydrogen (secondary N) is 2. The number of quaternary nitrogens is 1. The van der Waals surface area contributed by atoms with Crippen molar-refractivity contribution in [1.82, 2.24) is 0 Å². The zero-order chi connectivity index (χ0) is 19.3. The van der Waals surface area contributed by atoms with E-state index in [0.29, 0.717) is 28.8 Å². The molecule has 1 atom stereocenters. The Bertz CT molecular complexity index is 975. The maximum atomic E-state index is 12.7. The highest BCUT2D eigenvalue weighted by atomic mass is 35.5. The smallest absolute Gasteiger partial charge is 0.279 e. The van der Waals surface area contributed by atoms with Crippen LogP contribution in [0.4, 0.5) is 5.69 Å². The van der Waals surface area contributed by atoms with Crippen molar-refractivity contribution >= 4 is 23.2 Å². The monoisotopic (exact) mass is 393 g/mol. The third-order valence-corrected chi connectivity index (χ3v) is 5.14. The number of hydrogen-bond donors (Lipinski definition) is 2. The molecule has 2 N–H and O–H groups in total. The van der Waals surface area contributed by atoms with Gasteiger partial charge >= 0.3 is 0 Å². The minimum atomic E-state index is -0.0467. The Balaban J connectivity index is 1.44. The van der Waals surface area contributed by atoms with Crippen LogP contribution >= 0.6 is 11.6 Å². The Morgan fingerprint density at radius 2 is 1.75 bits per heavy atom. The molecule has 3 aromatic rings. The number of ether oxygens (including phenoxy) is 1. The van der Waals surface area contributed by atoms with Crippen LogP contribution in [0.2, 0.25) is 5.02 Å². The van der Waals surface area contributed by atoms with Crippen LogP contribution in [-0.4, -0.2) is 19.0 Å². The van der Waals surface area contributed by atoms with E-state index in [2.05, 4.69) is 29.6 Å². The molecule has 1 aliphatic rings. The zero-order valence-electron chi connectivity index (χ0n) is 15.5. The largest absolute Gasteiger partial charge is 0.455 e. The molecule has 28 heavy (non-hydrogen) atoms. The summed E-state index contributed by atoms with van der Waals surface area (Å²) in [5, 5.41) is 3.52. The van der Waals surface area contributed by atoms with E-state index in [1.807, 2.05) is 30.3 Å². The van der Waals surface area contributed by atoms with E-state index >= 15 is 0 Å². The number of halogens is 1. The van der Waals surface area contributed by atoms with Gasteiger partial charge in [-0.05, 0) is 35.9 Å². The van der Waals surface area contributed by atoms with E-state index in [-0.39, 0.29) is 5.91 Å². The lowest BCUT2D eigenvalue weighted by molar-refractivity contribution is -0.907. The van der Waals surface area contributed by atoms with Gasteiger partial charge in [0.1, 0.15) is 12.3 Å². The Kier molecular flexibility index (Phi) is 5.60. The number of fused-ring (bicyclic) bond motifs is 1. The first-order chi connectivity index (χ1) is 13.7. The van der Waals surface area contributed by atoms with Gasteiger partial charge in [0.25, 0.3) is 5.91 Å². The number of rotatable bonds is 5. The van der Waals surface area contributed by atoms with Crippen molar-refractivity contribution in [2.75, 3.05) is 18.4 Å². The third kappa shape index (κ3) is 4.53. The first-order valence-electron chi connectivity index (χ1n) is 9.40. The molecule has 5 heteroatoms. The van der Waals surface area contributed by atoms with E-state index in [1.165, 1.54) is 16.0 Å². The highest BCUT2D eigenvalue weighted by molar-refractivity contribution is 6.31. The number of anilines is 1. The van der Waals surface area contributed by atoms with Gasteiger partial charge in [0.15, 0.2) is 12.3 Å². The Labute approximate surface area is 169 Å². The second-order valence-electron chi connectivity index (χ2n) is 6.98. The van der Waals surface area contributed by atoms with Crippen LogP contribution in [-0.2, 0) is 17.8 Å². The van der Waals surface area contributed by atoms with Gasteiger partial charge in [-0.2, -0.15) is 0 Å². The highest BCUT2D eigenvalue weighted by Crippen LogP contribution is 2.31. The van der Waals surface area contributed by atoms with Crippen LogP contribution < -0.4 is 15.0 Å². The van der Waals surface area contributed by atoms with Gasteiger partial charge in [0, 0.05) is 17.0 Å². The fourth-order valence-corrected chi connectivity index (χ4v) is 3.69. The van der Waals surface area contributed by atoms with Crippen LogP contribution in [0.5, 0.6) is 11.5 Å². The predicted octanol–water partition coefficient (Wildman–Crippen LogP) is 3.71. The molecule has 0 spiro atoms. The molecular formula is C23H22ClN2O2+. The highest BCUT2D eigenvalue weighted by Gasteiger charge is 2.22. The van der Waals surface area contributed by atoms with Gasteiger partial charge in [-0.1, -0.05) is 54.1 Å². The summed E-state index contributed by atoms with van der Waals surface area (Å²) in [6, 6.07) is 23.2. The molecule has 0 saturated carbocycles. The normalized spacial score (nSPS) is 15.5. The number of hydrogen-bond acceptors (Lipinski definition) is 2. The van der Waals surface area contributed by atoms with Crippen molar-refractivity contribution in [1.29, 1.82) is 0 Å². The molecule has 1 aliphatic heterocycles. The minimum Gasteiger partial charge on any atom is -0.455 e. The van der Waals surface area contributed by atoms with Gasteiger partial charge in [0.2, 0.25) is 0 Å². The van der Waals surface area contributed by atoms with Crippen LogP contribution in [0.3, 0.4) is 0 Å². The quantitative estimate of drug-likeness (QED) is 0.694. The van der Waals surface area contributed by atoms with Gasteiger partial charge in [-0.25, -0.2) is 0 Å².